The molecule has 0 fully saturated rings. The fraction of sp³-hybridized carbons (Fsp3) is 0.208. The normalized spacial score (nSPS) is 11.2. The van der Waals surface area contributed by atoms with Crippen LogP contribution in [0.2, 0.25) is 0 Å². The molecule has 0 radical (unpaired) electrons. The van der Waals surface area contributed by atoms with Crippen molar-refractivity contribution in [2.24, 2.45) is 0 Å². The van der Waals surface area contributed by atoms with Crippen molar-refractivity contribution in [3.63, 3.8) is 0 Å². The van der Waals surface area contributed by atoms with E-state index in [1.54, 1.807) is 32.0 Å². The van der Waals surface area contributed by atoms with Gasteiger partial charge in [-0.1, -0.05) is 28.1 Å². The van der Waals surface area contributed by atoms with E-state index in [4.69, 9.17) is 9.47 Å². The molecule has 0 unspecified atom stereocenters. The molecule has 0 saturated heterocycles. The van der Waals surface area contributed by atoms with Crippen molar-refractivity contribution in [2.75, 3.05) is 6.61 Å². The summed E-state index contributed by atoms with van der Waals surface area (Å²) in [6.07, 6.45) is 1.52. The summed E-state index contributed by atoms with van der Waals surface area (Å²) in [5, 5.41) is 13.8. The molecule has 6 nitrogen and oxygen atoms in total. The van der Waals surface area contributed by atoms with Gasteiger partial charge in [0.15, 0.2) is 11.5 Å². The van der Waals surface area contributed by atoms with Gasteiger partial charge < -0.3 is 9.47 Å². The van der Waals surface area contributed by atoms with Crippen LogP contribution in [-0.2, 0) is 6.61 Å². The Kier molecular flexibility index (Phi) is 7.89. The van der Waals surface area contributed by atoms with Gasteiger partial charge in [-0.05, 0) is 84.2 Å². The first-order valence-electron chi connectivity index (χ1n) is 9.85. The average molecular weight is 559 g/mol. The number of benzene rings is 2. The minimum atomic E-state index is -0.484. The van der Waals surface area contributed by atoms with Crippen molar-refractivity contribution in [1.82, 2.24) is 9.78 Å². The fourth-order valence-corrected chi connectivity index (χ4v) is 3.91. The number of nitrogens with zero attached hydrogens (tertiary/aromatic N) is 3. The molecular weight excluding hydrogens is 538 g/mol. The number of hydrogen-bond acceptors (Lipinski definition) is 5. The number of allylic oxidation sites excluding steroid dienone is 1. The molecule has 0 N–H and O–H groups in total. The number of halogens is 2. The fourth-order valence-electron chi connectivity index (χ4n) is 3.07. The molecule has 3 aromatic rings. The minimum Gasteiger partial charge on any atom is -0.490 e. The van der Waals surface area contributed by atoms with E-state index in [2.05, 4.69) is 37.0 Å². The SMILES string of the molecule is CCOc1cc(/C=C(\C#N)C(=O)n2nc(C)cc2C)cc(Br)c1OCc1ccc(Br)cc1. The van der Waals surface area contributed by atoms with Gasteiger partial charge in [0.1, 0.15) is 18.2 Å². The van der Waals surface area contributed by atoms with Gasteiger partial charge in [-0.3, -0.25) is 4.79 Å². The third kappa shape index (κ3) is 5.67. The molecule has 0 spiro atoms. The Morgan fingerprint density at radius 2 is 1.88 bits per heavy atom. The predicted molar refractivity (Wildman–Crippen MR) is 130 cm³/mol. The van der Waals surface area contributed by atoms with Crippen LogP contribution in [0, 0.1) is 25.2 Å². The highest BCUT2D eigenvalue weighted by molar-refractivity contribution is 9.10. The number of rotatable bonds is 7. The minimum absolute atomic E-state index is 0.0333. The number of ether oxygens (including phenoxy) is 2. The maximum atomic E-state index is 12.8. The average Bonchev–Trinajstić information content (AvgIpc) is 3.10. The molecule has 0 saturated carbocycles. The first kappa shape index (κ1) is 23.8. The van der Waals surface area contributed by atoms with Gasteiger partial charge in [0.2, 0.25) is 0 Å². The Balaban J connectivity index is 1.91. The van der Waals surface area contributed by atoms with E-state index in [1.165, 1.54) is 10.8 Å². The zero-order chi connectivity index (χ0) is 23.3. The molecule has 0 aliphatic rings. The summed E-state index contributed by atoms with van der Waals surface area (Å²) in [4.78, 5) is 12.8. The van der Waals surface area contributed by atoms with Crippen LogP contribution in [0.4, 0.5) is 0 Å². The van der Waals surface area contributed by atoms with Crippen LogP contribution in [-0.4, -0.2) is 22.3 Å². The van der Waals surface area contributed by atoms with Gasteiger partial charge in [-0.2, -0.15) is 10.4 Å². The first-order valence-corrected chi connectivity index (χ1v) is 11.4. The number of carbonyl (C=O) groups is 1. The maximum Gasteiger partial charge on any atom is 0.289 e. The molecule has 1 aromatic heterocycles. The Morgan fingerprint density at radius 3 is 2.47 bits per heavy atom. The van der Waals surface area contributed by atoms with Crippen LogP contribution in [0.5, 0.6) is 11.5 Å². The van der Waals surface area contributed by atoms with Gasteiger partial charge in [0.05, 0.1) is 16.8 Å². The van der Waals surface area contributed by atoms with E-state index >= 15 is 0 Å². The first-order chi connectivity index (χ1) is 15.3. The van der Waals surface area contributed by atoms with Crippen molar-refractivity contribution in [2.45, 2.75) is 27.4 Å². The number of aryl methyl sites for hydroxylation is 2. The van der Waals surface area contributed by atoms with Crippen molar-refractivity contribution in [3.8, 4) is 17.6 Å². The number of aromatic nitrogens is 2. The zero-order valence-corrected chi connectivity index (χ0v) is 21.0. The summed E-state index contributed by atoms with van der Waals surface area (Å²) in [5.74, 6) is 0.583. The lowest BCUT2D eigenvalue weighted by Crippen LogP contribution is -2.15. The predicted octanol–water partition coefficient (Wildman–Crippen LogP) is 6.25. The number of nitriles is 1. The lowest BCUT2D eigenvalue weighted by atomic mass is 10.1. The highest BCUT2D eigenvalue weighted by atomic mass is 79.9. The van der Waals surface area contributed by atoms with Crippen LogP contribution in [0.1, 0.15) is 34.2 Å². The number of carbonyl (C=O) groups excluding carboxylic acids is 1. The molecule has 0 aliphatic heterocycles. The molecule has 1 heterocycles. The molecule has 3 rings (SSSR count). The molecule has 0 bridgehead atoms. The van der Waals surface area contributed by atoms with Crippen LogP contribution in [0.25, 0.3) is 6.08 Å². The zero-order valence-electron chi connectivity index (χ0n) is 17.9. The summed E-state index contributed by atoms with van der Waals surface area (Å²) in [6.45, 7) is 6.24. The van der Waals surface area contributed by atoms with Gasteiger partial charge >= 0.3 is 0 Å². The monoisotopic (exact) mass is 557 g/mol. The summed E-state index contributed by atoms with van der Waals surface area (Å²) >= 11 is 6.96. The molecule has 0 atom stereocenters. The summed E-state index contributed by atoms with van der Waals surface area (Å²) in [6, 6.07) is 15.1. The van der Waals surface area contributed by atoms with Gasteiger partial charge in [-0.25, -0.2) is 4.68 Å². The largest absolute Gasteiger partial charge is 0.490 e. The Labute approximate surface area is 203 Å². The van der Waals surface area contributed by atoms with E-state index < -0.39 is 5.91 Å². The topological polar surface area (TPSA) is 77.1 Å². The molecule has 0 amide bonds. The second-order valence-corrected chi connectivity index (χ2v) is 8.76. The van der Waals surface area contributed by atoms with Crippen LogP contribution in [0.15, 0.2) is 57.0 Å². The number of hydrogen-bond donors (Lipinski definition) is 0. The Morgan fingerprint density at radius 1 is 1.16 bits per heavy atom. The van der Waals surface area contributed by atoms with Crippen molar-refractivity contribution < 1.29 is 14.3 Å². The van der Waals surface area contributed by atoms with E-state index in [0.717, 1.165) is 10.0 Å². The second-order valence-electron chi connectivity index (χ2n) is 6.99. The van der Waals surface area contributed by atoms with Crippen LogP contribution >= 0.6 is 31.9 Å². The Hall–Kier alpha value is -2.89. The van der Waals surface area contributed by atoms with Gasteiger partial charge in [-0.15, -0.1) is 0 Å². The quantitative estimate of drug-likeness (QED) is 0.253. The smallest absolute Gasteiger partial charge is 0.289 e. The molecule has 32 heavy (non-hydrogen) atoms. The van der Waals surface area contributed by atoms with E-state index in [9.17, 15) is 10.1 Å². The molecule has 8 heteroatoms. The lowest BCUT2D eigenvalue weighted by Gasteiger charge is -2.15. The van der Waals surface area contributed by atoms with Gasteiger partial charge in [0, 0.05) is 10.2 Å². The van der Waals surface area contributed by atoms with Crippen molar-refractivity contribution in [3.05, 3.63) is 79.5 Å². The van der Waals surface area contributed by atoms with Crippen molar-refractivity contribution in [1.29, 1.82) is 5.26 Å². The third-order valence-electron chi connectivity index (χ3n) is 4.49. The Bertz CT molecular complexity index is 1210. The van der Waals surface area contributed by atoms with Crippen LogP contribution in [0.3, 0.4) is 0 Å². The summed E-state index contributed by atoms with van der Waals surface area (Å²) < 4.78 is 14.7. The summed E-state index contributed by atoms with van der Waals surface area (Å²) in [7, 11) is 0. The molecule has 164 valence electrons. The van der Waals surface area contributed by atoms with E-state index in [0.29, 0.717) is 46.1 Å². The lowest BCUT2D eigenvalue weighted by molar-refractivity contribution is 0.0943. The standard InChI is InChI=1S/C24H21Br2N3O3/c1-4-31-22-12-18(10-19(13-27)24(30)29-16(3)9-15(2)28-29)11-21(26)23(22)32-14-17-5-7-20(25)8-6-17/h5-12H,4,14H2,1-3H3/b19-10+. The molecule has 0 aliphatic carbocycles. The van der Waals surface area contributed by atoms with Crippen molar-refractivity contribution >= 4 is 43.8 Å². The molecular formula is C24H21Br2N3O3. The molecule has 2 aromatic carbocycles. The van der Waals surface area contributed by atoms with E-state index in [1.807, 2.05) is 37.3 Å². The third-order valence-corrected chi connectivity index (χ3v) is 5.61. The summed E-state index contributed by atoms with van der Waals surface area (Å²) in [5.41, 5.74) is 2.98. The highest BCUT2D eigenvalue weighted by Crippen LogP contribution is 2.38. The maximum absolute atomic E-state index is 12.8. The second kappa shape index (κ2) is 10.6. The van der Waals surface area contributed by atoms with E-state index in [-0.39, 0.29) is 5.57 Å². The van der Waals surface area contributed by atoms with Gasteiger partial charge in [0.25, 0.3) is 5.91 Å². The highest BCUT2D eigenvalue weighted by Gasteiger charge is 2.17. The van der Waals surface area contributed by atoms with Crippen LogP contribution < -0.4 is 9.47 Å².